The molecule has 1 aliphatic heterocycles. The van der Waals surface area contributed by atoms with Crippen LogP contribution in [0.2, 0.25) is 15.1 Å². The molecule has 0 amide bonds. The number of hydrogen-bond donors (Lipinski definition) is 2. The Morgan fingerprint density at radius 1 is 0.868 bits per heavy atom. The van der Waals surface area contributed by atoms with Crippen molar-refractivity contribution in [3.05, 3.63) is 92.4 Å². The first-order chi connectivity index (χ1) is 17.7. The van der Waals surface area contributed by atoms with Crippen molar-refractivity contribution in [3.63, 3.8) is 0 Å². The maximum absolute atomic E-state index is 13.5. The Morgan fingerprint density at radius 3 is 1.68 bits per heavy atom. The summed E-state index contributed by atoms with van der Waals surface area (Å²) in [6.45, 7) is 5.85. The van der Waals surface area contributed by atoms with E-state index in [1.165, 1.54) is 12.1 Å². The molecule has 0 spiro atoms. The molecule has 0 aromatic heterocycles. The number of sulfone groups is 1. The molecule has 2 N–H and O–H groups in total. The lowest BCUT2D eigenvalue weighted by Gasteiger charge is -2.41. The molecule has 38 heavy (non-hydrogen) atoms. The quantitative estimate of drug-likeness (QED) is 0.300. The summed E-state index contributed by atoms with van der Waals surface area (Å²) in [5.74, 6) is 0.206. The number of benzene rings is 3. The average Bonchev–Trinajstić information content (AvgIpc) is 3.09. The molecule has 3 aromatic rings. The van der Waals surface area contributed by atoms with Crippen LogP contribution < -0.4 is 15.4 Å². The van der Waals surface area contributed by atoms with Gasteiger partial charge in [0.1, 0.15) is 5.75 Å². The lowest BCUT2D eigenvalue weighted by atomic mass is 9.72. The van der Waals surface area contributed by atoms with Gasteiger partial charge in [0.05, 0.1) is 27.6 Å². The normalized spacial score (nSPS) is 25.4. The fourth-order valence-corrected chi connectivity index (χ4v) is 6.81. The summed E-state index contributed by atoms with van der Waals surface area (Å²) in [5, 5.41) is 7.13. The van der Waals surface area contributed by atoms with Crippen LogP contribution in [-0.2, 0) is 31.4 Å². The van der Waals surface area contributed by atoms with E-state index in [1.807, 2.05) is 38.1 Å². The van der Waals surface area contributed by atoms with Crippen molar-refractivity contribution in [2.24, 2.45) is 0 Å². The van der Waals surface area contributed by atoms with Crippen LogP contribution >= 0.6 is 46.4 Å². The summed E-state index contributed by atoms with van der Waals surface area (Å²) >= 11 is 25.1. The molecule has 1 aliphatic rings. The summed E-state index contributed by atoms with van der Waals surface area (Å²) < 4.78 is 31.1. The van der Waals surface area contributed by atoms with Gasteiger partial charge in [0.2, 0.25) is 0 Å². The van der Waals surface area contributed by atoms with E-state index in [0.29, 0.717) is 10.0 Å². The van der Waals surface area contributed by atoms with Crippen molar-refractivity contribution in [1.29, 1.82) is 0 Å². The molecule has 202 valence electrons. The third-order valence-corrected chi connectivity index (χ3v) is 9.50. The molecule has 0 aliphatic carbocycles. The Bertz CT molecular complexity index is 1440. The highest BCUT2D eigenvalue weighted by Crippen LogP contribution is 2.52. The molecule has 6 nitrogen and oxygen atoms in total. The highest BCUT2D eigenvalue weighted by molar-refractivity contribution is 7.90. The monoisotopic (exact) mass is 614 g/mol. The molecule has 0 radical (unpaired) electrons. The zero-order valence-corrected chi connectivity index (χ0v) is 24.9. The first-order valence-corrected chi connectivity index (χ1v) is 15.1. The van der Waals surface area contributed by atoms with E-state index < -0.39 is 31.8 Å². The van der Waals surface area contributed by atoms with Gasteiger partial charge in [-0.05, 0) is 73.8 Å². The molecule has 1 saturated heterocycles. The third kappa shape index (κ3) is 4.83. The third-order valence-electron chi connectivity index (χ3n) is 7.15. The zero-order valence-electron chi connectivity index (χ0n) is 21.0. The predicted molar refractivity (Wildman–Crippen MR) is 152 cm³/mol. The fraction of sp³-hybridized carbons (Fsp3) is 0.296. The lowest BCUT2D eigenvalue weighted by Crippen LogP contribution is -2.54. The van der Waals surface area contributed by atoms with Crippen molar-refractivity contribution in [3.8, 4) is 5.75 Å². The molecular formula is C27H26Cl4N2O4S. The summed E-state index contributed by atoms with van der Waals surface area (Å²) in [5.41, 5.74) is -2.01. The first-order valence-electron chi connectivity index (χ1n) is 11.7. The molecule has 1 fully saturated rings. The molecule has 1 heterocycles. The molecule has 4 rings (SSSR count). The smallest absolute Gasteiger partial charge is 0.261 e. The Morgan fingerprint density at radius 2 is 1.32 bits per heavy atom. The molecule has 0 bridgehead atoms. The second-order valence-corrected chi connectivity index (χ2v) is 13.1. The van der Waals surface area contributed by atoms with Gasteiger partial charge in [-0.1, -0.05) is 59.1 Å². The Labute approximate surface area is 242 Å². The van der Waals surface area contributed by atoms with Crippen LogP contribution in [0.1, 0.15) is 37.5 Å². The van der Waals surface area contributed by atoms with Crippen LogP contribution in [0, 0.1) is 0 Å². The second kappa shape index (κ2) is 10.3. The molecule has 1 unspecified atom stereocenters. The lowest BCUT2D eigenvalue weighted by molar-refractivity contribution is -0.118. The Kier molecular flexibility index (Phi) is 7.89. The Hall–Kier alpha value is -1.84. The predicted octanol–water partition coefficient (Wildman–Crippen LogP) is 6.39. The number of halogens is 4. The Balaban J connectivity index is 2.07. The highest BCUT2D eigenvalue weighted by atomic mass is 35.5. The van der Waals surface area contributed by atoms with E-state index in [4.69, 9.17) is 51.1 Å². The van der Waals surface area contributed by atoms with E-state index in [9.17, 15) is 13.2 Å². The van der Waals surface area contributed by atoms with Crippen LogP contribution in [0.3, 0.4) is 0 Å². The molecule has 3 aromatic carbocycles. The largest absolute Gasteiger partial charge is 0.493 e. The van der Waals surface area contributed by atoms with Crippen LogP contribution in [-0.4, -0.2) is 26.5 Å². The van der Waals surface area contributed by atoms with Gasteiger partial charge in [-0.3, -0.25) is 15.4 Å². The van der Waals surface area contributed by atoms with Crippen LogP contribution in [0.5, 0.6) is 5.75 Å². The molecular weight excluding hydrogens is 590 g/mol. The summed E-state index contributed by atoms with van der Waals surface area (Å²) in [6, 6.07) is 17.2. The van der Waals surface area contributed by atoms with Crippen molar-refractivity contribution in [2.45, 2.75) is 42.4 Å². The average molecular weight is 616 g/mol. The molecule has 0 saturated carbocycles. The topological polar surface area (TPSA) is 84.5 Å². The van der Waals surface area contributed by atoms with E-state index in [-0.39, 0.29) is 27.8 Å². The van der Waals surface area contributed by atoms with Gasteiger partial charge < -0.3 is 4.74 Å². The minimum Gasteiger partial charge on any atom is -0.493 e. The van der Waals surface area contributed by atoms with Crippen molar-refractivity contribution < 1.29 is 17.9 Å². The number of carbonyl (C=O) groups is 1. The van der Waals surface area contributed by atoms with Crippen LogP contribution in [0.15, 0.2) is 65.6 Å². The summed E-state index contributed by atoms with van der Waals surface area (Å²) in [7, 11) is -3.77. The van der Waals surface area contributed by atoms with Crippen LogP contribution in [0.25, 0.3) is 0 Å². The number of ether oxygens (including phenoxy) is 1. The standard InChI is InChI=1S/C27H26Cl4N2O4S/c1-5-37-22-15-21(30)23(38(4,35)36)14-20(22)27(24(31)34)32-25(2,16-6-10-18(28)11-7-16)26(3,33-27)17-8-12-19(29)13-9-17/h6-15,32-33H,5H2,1-4H3/t25-,26+,27?. The van der Waals surface area contributed by atoms with Gasteiger partial charge >= 0.3 is 0 Å². The SMILES string of the molecule is CCOc1cc(Cl)c(S(C)(=O)=O)cc1C1(C(=O)Cl)N[C@@](C)(c2ccc(Cl)cc2)[C@@](C)(c2ccc(Cl)cc2)N1. The van der Waals surface area contributed by atoms with Gasteiger partial charge in [0.25, 0.3) is 5.24 Å². The summed E-state index contributed by atoms with van der Waals surface area (Å²) in [6.07, 6.45) is 1.04. The first kappa shape index (κ1) is 29.2. The van der Waals surface area contributed by atoms with Gasteiger partial charge in [0, 0.05) is 27.9 Å². The van der Waals surface area contributed by atoms with Crippen molar-refractivity contribution >= 4 is 61.5 Å². The maximum Gasteiger partial charge on any atom is 0.261 e. The fourth-order valence-electron chi connectivity index (χ4n) is 5.05. The van der Waals surface area contributed by atoms with Crippen molar-refractivity contribution in [2.75, 3.05) is 12.9 Å². The molecule has 11 heteroatoms. The molecule has 3 atom stereocenters. The number of rotatable bonds is 7. The van der Waals surface area contributed by atoms with E-state index in [0.717, 1.165) is 17.4 Å². The van der Waals surface area contributed by atoms with Gasteiger partial charge in [0.15, 0.2) is 15.5 Å². The van der Waals surface area contributed by atoms with E-state index in [2.05, 4.69) is 10.6 Å². The highest BCUT2D eigenvalue weighted by Gasteiger charge is 2.63. The summed E-state index contributed by atoms with van der Waals surface area (Å²) in [4.78, 5) is 13.3. The maximum atomic E-state index is 13.5. The minimum atomic E-state index is -3.77. The number of carbonyl (C=O) groups excluding carboxylic acids is 1. The minimum absolute atomic E-state index is 0.0317. The van der Waals surface area contributed by atoms with Gasteiger partial charge in [-0.25, -0.2) is 8.42 Å². The van der Waals surface area contributed by atoms with E-state index >= 15 is 0 Å². The zero-order chi connectivity index (χ0) is 28.1. The van der Waals surface area contributed by atoms with Gasteiger partial charge in [-0.2, -0.15) is 0 Å². The van der Waals surface area contributed by atoms with Gasteiger partial charge in [-0.15, -0.1) is 0 Å². The van der Waals surface area contributed by atoms with Crippen molar-refractivity contribution in [1.82, 2.24) is 10.6 Å². The second-order valence-electron chi connectivity index (χ2n) is 9.52. The van der Waals surface area contributed by atoms with Crippen LogP contribution in [0.4, 0.5) is 0 Å². The number of hydrogen-bond acceptors (Lipinski definition) is 6. The number of nitrogens with one attached hydrogen (secondary N) is 2. The van der Waals surface area contributed by atoms with E-state index in [1.54, 1.807) is 31.2 Å².